The van der Waals surface area contributed by atoms with Gasteiger partial charge in [-0.3, -0.25) is 0 Å². The lowest BCUT2D eigenvalue weighted by Crippen LogP contribution is -2.18. The quantitative estimate of drug-likeness (QED) is 0.895. The minimum absolute atomic E-state index is 0.0441. The van der Waals surface area contributed by atoms with Gasteiger partial charge in [-0.05, 0) is 48.9 Å². The summed E-state index contributed by atoms with van der Waals surface area (Å²) >= 11 is 5.80. The van der Waals surface area contributed by atoms with Gasteiger partial charge in [-0.1, -0.05) is 29.8 Å². The molecule has 0 aliphatic carbocycles. The Bertz CT molecular complexity index is 557. The van der Waals surface area contributed by atoms with Gasteiger partial charge in [0.1, 0.15) is 11.6 Å². The lowest BCUT2D eigenvalue weighted by atomic mass is 9.99. The molecule has 2 nitrogen and oxygen atoms in total. The maximum absolute atomic E-state index is 13.2. The van der Waals surface area contributed by atoms with E-state index in [1.165, 1.54) is 6.07 Å². The number of benzene rings is 2. The number of phenolic OH excluding ortho intramolecular Hbond substituents is 1. The number of nitrogens with one attached hydrogen (secondary N) is 1. The Morgan fingerprint density at radius 2 is 1.89 bits per heavy atom. The fourth-order valence-electron chi connectivity index (χ4n) is 1.98. The van der Waals surface area contributed by atoms with Crippen LogP contribution in [0.15, 0.2) is 42.5 Å². The van der Waals surface area contributed by atoms with Gasteiger partial charge in [0.2, 0.25) is 0 Å². The van der Waals surface area contributed by atoms with E-state index < -0.39 is 5.82 Å². The van der Waals surface area contributed by atoms with Crippen LogP contribution in [-0.4, -0.2) is 12.2 Å². The second-order valence-electron chi connectivity index (χ2n) is 4.39. The lowest BCUT2D eigenvalue weighted by Gasteiger charge is -2.17. The molecule has 19 heavy (non-hydrogen) atoms. The highest BCUT2D eigenvalue weighted by Gasteiger charge is 2.12. The molecule has 0 amide bonds. The highest BCUT2D eigenvalue weighted by atomic mass is 35.5. The molecular formula is C15H15ClFNO. The normalized spacial score (nSPS) is 12.4. The number of rotatable bonds is 4. The molecule has 0 radical (unpaired) electrons. The molecule has 4 heteroatoms. The van der Waals surface area contributed by atoms with E-state index in [4.69, 9.17) is 11.6 Å². The molecular weight excluding hydrogens is 265 g/mol. The smallest absolute Gasteiger partial charge is 0.141 e. The maximum Gasteiger partial charge on any atom is 0.141 e. The molecule has 0 aliphatic heterocycles. The largest absolute Gasteiger partial charge is 0.508 e. The summed E-state index contributed by atoms with van der Waals surface area (Å²) in [5, 5.41) is 12.6. The van der Waals surface area contributed by atoms with E-state index in [9.17, 15) is 9.50 Å². The van der Waals surface area contributed by atoms with Gasteiger partial charge in [0.05, 0.1) is 5.02 Å². The molecule has 0 saturated heterocycles. The van der Waals surface area contributed by atoms with Crippen LogP contribution in [0.4, 0.5) is 4.39 Å². The fourth-order valence-corrected chi connectivity index (χ4v) is 2.17. The monoisotopic (exact) mass is 279 g/mol. The predicted octanol–water partition coefficient (Wildman–Crippen LogP) is 3.69. The van der Waals surface area contributed by atoms with Crippen LogP contribution in [0, 0.1) is 5.82 Å². The first kappa shape index (κ1) is 13.8. The Morgan fingerprint density at radius 1 is 1.21 bits per heavy atom. The van der Waals surface area contributed by atoms with Crippen molar-refractivity contribution in [3.8, 4) is 5.75 Å². The third-order valence-electron chi connectivity index (χ3n) is 3.07. The standard InChI is InChI=1S/C15H15ClFNO/c1-18-15(8-10-2-5-12(19)6-3-10)11-4-7-14(17)13(16)9-11/h2-7,9,15,18-19H,8H2,1H3. The Labute approximate surface area is 116 Å². The molecule has 1 unspecified atom stereocenters. The van der Waals surface area contributed by atoms with Crippen molar-refractivity contribution in [3.05, 3.63) is 64.4 Å². The van der Waals surface area contributed by atoms with E-state index in [0.717, 1.165) is 17.5 Å². The van der Waals surface area contributed by atoms with Crippen molar-refractivity contribution < 1.29 is 9.50 Å². The van der Waals surface area contributed by atoms with Crippen molar-refractivity contribution in [2.45, 2.75) is 12.5 Å². The van der Waals surface area contributed by atoms with Crippen molar-refractivity contribution in [1.29, 1.82) is 0 Å². The average molecular weight is 280 g/mol. The molecule has 2 N–H and O–H groups in total. The van der Waals surface area contributed by atoms with Crippen LogP contribution in [0.3, 0.4) is 0 Å². The molecule has 2 aromatic carbocycles. The lowest BCUT2D eigenvalue weighted by molar-refractivity contribution is 0.475. The number of halogens is 2. The molecule has 0 aliphatic rings. The summed E-state index contributed by atoms with van der Waals surface area (Å²) in [6, 6.07) is 11.8. The first-order chi connectivity index (χ1) is 9.10. The van der Waals surface area contributed by atoms with E-state index in [1.807, 2.05) is 19.2 Å². The van der Waals surface area contributed by atoms with Gasteiger partial charge in [0.15, 0.2) is 0 Å². The van der Waals surface area contributed by atoms with Crippen LogP contribution in [0.5, 0.6) is 5.75 Å². The van der Waals surface area contributed by atoms with E-state index in [0.29, 0.717) is 0 Å². The average Bonchev–Trinajstić information content (AvgIpc) is 2.41. The summed E-state index contributed by atoms with van der Waals surface area (Å²) in [5.41, 5.74) is 2.01. The first-order valence-corrected chi connectivity index (χ1v) is 6.38. The van der Waals surface area contributed by atoms with Gasteiger partial charge in [-0.15, -0.1) is 0 Å². The Morgan fingerprint density at radius 3 is 2.47 bits per heavy atom. The summed E-state index contributed by atoms with van der Waals surface area (Å²) in [6.07, 6.45) is 0.735. The summed E-state index contributed by atoms with van der Waals surface area (Å²) in [4.78, 5) is 0. The van der Waals surface area contributed by atoms with Crippen molar-refractivity contribution in [2.75, 3.05) is 7.05 Å². The van der Waals surface area contributed by atoms with Gasteiger partial charge >= 0.3 is 0 Å². The molecule has 100 valence electrons. The molecule has 0 bridgehead atoms. The van der Waals surface area contributed by atoms with Gasteiger partial charge in [0, 0.05) is 6.04 Å². The van der Waals surface area contributed by atoms with E-state index in [1.54, 1.807) is 24.3 Å². The minimum atomic E-state index is -0.412. The van der Waals surface area contributed by atoms with Gasteiger partial charge in [0.25, 0.3) is 0 Å². The fraction of sp³-hybridized carbons (Fsp3) is 0.200. The third kappa shape index (κ3) is 3.46. The molecule has 2 rings (SSSR count). The molecule has 0 spiro atoms. The zero-order valence-electron chi connectivity index (χ0n) is 10.5. The SMILES string of the molecule is CNC(Cc1ccc(O)cc1)c1ccc(F)c(Cl)c1. The van der Waals surface area contributed by atoms with Crippen molar-refractivity contribution in [1.82, 2.24) is 5.32 Å². The number of phenols is 1. The number of aromatic hydroxyl groups is 1. The van der Waals surface area contributed by atoms with Gasteiger partial charge < -0.3 is 10.4 Å². The van der Waals surface area contributed by atoms with Crippen molar-refractivity contribution in [2.24, 2.45) is 0 Å². The number of likely N-dealkylation sites (N-methyl/N-ethyl adjacent to an activating group) is 1. The second kappa shape index (κ2) is 6.04. The van der Waals surface area contributed by atoms with E-state index >= 15 is 0 Å². The summed E-state index contributed by atoms with van der Waals surface area (Å²) in [6.45, 7) is 0. The topological polar surface area (TPSA) is 32.3 Å². The second-order valence-corrected chi connectivity index (χ2v) is 4.79. The molecule has 0 heterocycles. The van der Waals surface area contributed by atoms with Crippen molar-refractivity contribution >= 4 is 11.6 Å². The van der Waals surface area contributed by atoms with Gasteiger partial charge in [-0.25, -0.2) is 4.39 Å². The van der Waals surface area contributed by atoms with Crippen LogP contribution < -0.4 is 5.32 Å². The molecule has 0 saturated carbocycles. The van der Waals surface area contributed by atoms with Gasteiger partial charge in [-0.2, -0.15) is 0 Å². The van der Waals surface area contributed by atoms with Crippen LogP contribution in [0.25, 0.3) is 0 Å². The van der Waals surface area contributed by atoms with Crippen LogP contribution >= 0.6 is 11.6 Å². The predicted molar refractivity (Wildman–Crippen MR) is 75.0 cm³/mol. The Balaban J connectivity index is 2.19. The summed E-state index contributed by atoms with van der Waals surface area (Å²) in [7, 11) is 1.85. The third-order valence-corrected chi connectivity index (χ3v) is 3.36. The number of hydrogen-bond donors (Lipinski definition) is 2. The zero-order valence-corrected chi connectivity index (χ0v) is 11.3. The Hall–Kier alpha value is -1.58. The summed E-state index contributed by atoms with van der Waals surface area (Å²) in [5.74, 6) is -0.167. The highest BCUT2D eigenvalue weighted by Crippen LogP contribution is 2.24. The van der Waals surface area contributed by atoms with E-state index in [-0.39, 0.29) is 16.8 Å². The highest BCUT2D eigenvalue weighted by molar-refractivity contribution is 6.30. The Kier molecular flexibility index (Phi) is 4.40. The van der Waals surface area contributed by atoms with Crippen LogP contribution in [0.2, 0.25) is 5.02 Å². The maximum atomic E-state index is 13.2. The zero-order chi connectivity index (χ0) is 13.8. The van der Waals surface area contributed by atoms with E-state index in [2.05, 4.69) is 5.32 Å². The summed E-state index contributed by atoms with van der Waals surface area (Å²) < 4.78 is 13.2. The van der Waals surface area contributed by atoms with Crippen molar-refractivity contribution in [3.63, 3.8) is 0 Å². The molecule has 1 atom stereocenters. The van der Waals surface area contributed by atoms with Crippen LogP contribution in [-0.2, 0) is 6.42 Å². The molecule has 0 aromatic heterocycles. The first-order valence-electron chi connectivity index (χ1n) is 6.00. The minimum Gasteiger partial charge on any atom is -0.508 e. The molecule has 2 aromatic rings. The van der Waals surface area contributed by atoms with Crippen LogP contribution in [0.1, 0.15) is 17.2 Å². The number of hydrogen-bond acceptors (Lipinski definition) is 2. The molecule has 0 fully saturated rings.